The molecule has 1 aromatic rings. The van der Waals surface area contributed by atoms with E-state index < -0.39 is 0 Å². The van der Waals surface area contributed by atoms with Crippen molar-refractivity contribution in [1.29, 1.82) is 0 Å². The maximum Gasteiger partial charge on any atom is 0.321 e. The van der Waals surface area contributed by atoms with Crippen molar-refractivity contribution in [2.24, 2.45) is 4.99 Å². The Bertz CT molecular complexity index is 557. The third-order valence-corrected chi connectivity index (χ3v) is 3.93. The van der Waals surface area contributed by atoms with Crippen LogP contribution in [0, 0.1) is 0 Å². The summed E-state index contributed by atoms with van der Waals surface area (Å²) in [5, 5.41) is 9.50. The van der Waals surface area contributed by atoms with Crippen LogP contribution in [-0.4, -0.2) is 43.1 Å². The molecule has 0 spiro atoms. The lowest BCUT2D eigenvalue weighted by atomic mass is 10.2. The number of rotatable bonds is 3. The molecule has 3 rings (SSSR count). The van der Waals surface area contributed by atoms with E-state index in [9.17, 15) is 4.79 Å². The van der Waals surface area contributed by atoms with Gasteiger partial charge in [-0.3, -0.25) is 4.99 Å². The Morgan fingerprint density at radius 2 is 2.09 bits per heavy atom. The minimum atomic E-state index is 0. The molecule has 0 radical (unpaired) electrons. The fraction of sp³-hybridized carbons (Fsp3) is 0.500. The number of nitrogens with zero attached hydrogens (tertiary/aromatic N) is 2. The van der Waals surface area contributed by atoms with Crippen LogP contribution in [0.25, 0.3) is 0 Å². The fourth-order valence-corrected chi connectivity index (χ4v) is 2.72. The van der Waals surface area contributed by atoms with Gasteiger partial charge in [-0.2, -0.15) is 0 Å². The maximum atomic E-state index is 12.1. The first kappa shape index (κ1) is 17.8. The normalized spacial score (nSPS) is 16.9. The molecule has 0 bridgehead atoms. The first-order chi connectivity index (χ1) is 10.8. The quantitative estimate of drug-likeness (QED) is 0.647. The lowest BCUT2D eigenvalue weighted by Crippen LogP contribution is -2.40. The van der Waals surface area contributed by atoms with E-state index >= 15 is 0 Å². The van der Waals surface area contributed by atoms with E-state index in [1.54, 1.807) is 0 Å². The van der Waals surface area contributed by atoms with Crippen molar-refractivity contribution in [3.63, 3.8) is 0 Å². The van der Waals surface area contributed by atoms with E-state index in [1.807, 2.05) is 29.2 Å². The van der Waals surface area contributed by atoms with Gasteiger partial charge in [-0.15, -0.1) is 24.0 Å². The summed E-state index contributed by atoms with van der Waals surface area (Å²) in [4.78, 5) is 18.4. The van der Waals surface area contributed by atoms with Crippen molar-refractivity contribution in [3.8, 4) is 0 Å². The molecule has 2 heterocycles. The smallest absolute Gasteiger partial charge is 0.321 e. The van der Waals surface area contributed by atoms with Gasteiger partial charge in [-0.05, 0) is 37.0 Å². The molecule has 7 heteroatoms. The molecular weight excluding hydrogens is 405 g/mol. The number of likely N-dealkylation sites (tertiary alicyclic amines) is 1. The number of amides is 2. The molecule has 0 atom stereocenters. The highest BCUT2D eigenvalue weighted by atomic mass is 127. The summed E-state index contributed by atoms with van der Waals surface area (Å²) in [6.45, 7) is 4.26. The molecule has 0 aliphatic carbocycles. The zero-order valence-corrected chi connectivity index (χ0v) is 15.5. The van der Waals surface area contributed by atoms with Gasteiger partial charge in [0.2, 0.25) is 0 Å². The van der Waals surface area contributed by atoms with Gasteiger partial charge in [-0.25, -0.2) is 4.79 Å². The lowest BCUT2D eigenvalue weighted by Gasteiger charge is -2.17. The van der Waals surface area contributed by atoms with E-state index in [0.717, 1.165) is 62.7 Å². The Hall–Kier alpha value is -1.51. The molecule has 6 nitrogen and oxygen atoms in total. The number of halogens is 1. The number of benzene rings is 1. The van der Waals surface area contributed by atoms with Gasteiger partial charge in [0.15, 0.2) is 5.96 Å². The fourth-order valence-electron chi connectivity index (χ4n) is 2.72. The average molecular weight is 429 g/mol. The summed E-state index contributed by atoms with van der Waals surface area (Å²) < 4.78 is 0. The number of carbonyl (C=O) groups excluding carboxylic acids is 1. The third-order valence-electron chi connectivity index (χ3n) is 3.93. The molecule has 1 aromatic carbocycles. The topological polar surface area (TPSA) is 68.8 Å². The monoisotopic (exact) mass is 429 g/mol. The first-order valence-corrected chi connectivity index (χ1v) is 7.98. The number of carbonyl (C=O) groups is 1. The Morgan fingerprint density at radius 1 is 1.26 bits per heavy atom. The van der Waals surface area contributed by atoms with Crippen molar-refractivity contribution in [1.82, 2.24) is 15.5 Å². The predicted molar refractivity (Wildman–Crippen MR) is 103 cm³/mol. The van der Waals surface area contributed by atoms with E-state index in [-0.39, 0.29) is 30.0 Å². The van der Waals surface area contributed by atoms with E-state index in [4.69, 9.17) is 0 Å². The highest BCUT2D eigenvalue weighted by Gasteiger charge is 2.17. The SMILES string of the molecule is I.O=C(Nc1cccc(CNC2=NCCCN2)c1)N1CCCC1. The highest BCUT2D eigenvalue weighted by Crippen LogP contribution is 2.14. The third kappa shape index (κ3) is 5.26. The van der Waals surface area contributed by atoms with E-state index in [0.29, 0.717) is 6.54 Å². The summed E-state index contributed by atoms with van der Waals surface area (Å²) in [6, 6.07) is 7.94. The summed E-state index contributed by atoms with van der Waals surface area (Å²) in [5.74, 6) is 0.859. The zero-order chi connectivity index (χ0) is 15.2. The molecule has 0 unspecified atom stereocenters. The largest absolute Gasteiger partial charge is 0.356 e. The summed E-state index contributed by atoms with van der Waals surface area (Å²) in [7, 11) is 0. The van der Waals surface area contributed by atoms with E-state index in [2.05, 4.69) is 20.9 Å². The summed E-state index contributed by atoms with van der Waals surface area (Å²) >= 11 is 0. The van der Waals surface area contributed by atoms with Crippen molar-refractivity contribution in [3.05, 3.63) is 29.8 Å². The van der Waals surface area contributed by atoms with Gasteiger partial charge in [0.1, 0.15) is 0 Å². The number of nitrogens with one attached hydrogen (secondary N) is 3. The predicted octanol–water partition coefficient (Wildman–Crippen LogP) is 2.37. The van der Waals surface area contributed by atoms with Crippen LogP contribution < -0.4 is 16.0 Å². The molecular formula is C16H24IN5O. The van der Waals surface area contributed by atoms with Crippen LogP contribution in [0.15, 0.2) is 29.3 Å². The molecule has 2 amide bonds. The molecule has 1 fully saturated rings. The van der Waals surface area contributed by atoms with Gasteiger partial charge in [0, 0.05) is 38.4 Å². The van der Waals surface area contributed by atoms with Crippen molar-refractivity contribution >= 4 is 41.7 Å². The maximum absolute atomic E-state index is 12.1. The van der Waals surface area contributed by atoms with Gasteiger partial charge in [0.25, 0.3) is 0 Å². The average Bonchev–Trinajstić information content (AvgIpc) is 3.09. The van der Waals surface area contributed by atoms with Gasteiger partial charge >= 0.3 is 6.03 Å². The number of urea groups is 1. The Morgan fingerprint density at radius 3 is 2.83 bits per heavy atom. The first-order valence-electron chi connectivity index (χ1n) is 7.98. The molecule has 1 saturated heterocycles. The zero-order valence-electron chi connectivity index (χ0n) is 13.2. The lowest BCUT2D eigenvalue weighted by molar-refractivity contribution is 0.222. The van der Waals surface area contributed by atoms with Crippen LogP contribution in [0.4, 0.5) is 10.5 Å². The van der Waals surface area contributed by atoms with Crippen LogP contribution in [0.5, 0.6) is 0 Å². The van der Waals surface area contributed by atoms with E-state index in [1.165, 1.54) is 0 Å². The number of anilines is 1. The minimum Gasteiger partial charge on any atom is -0.356 e. The summed E-state index contributed by atoms with van der Waals surface area (Å²) in [6.07, 6.45) is 3.29. The van der Waals surface area contributed by atoms with Crippen LogP contribution in [0.3, 0.4) is 0 Å². The Kier molecular flexibility index (Phi) is 6.94. The van der Waals surface area contributed by atoms with Crippen molar-refractivity contribution in [2.45, 2.75) is 25.8 Å². The second kappa shape index (κ2) is 8.95. The van der Waals surface area contributed by atoms with Gasteiger partial charge in [-0.1, -0.05) is 12.1 Å². The molecule has 23 heavy (non-hydrogen) atoms. The number of aliphatic imine (C=N–C) groups is 1. The minimum absolute atomic E-state index is 0. The number of hydrogen-bond donors (Lipinski definition) is 3. The van der Waals surface area contributed by atoms with Crippen LogP contribution in [-0.2, 0) is 6.54 Å². The van der Waals surface area contributed by atoms with Crippen LogP contribution >= 0.6 is 24.0 Å². The molecule has 2 aliphatic heterocycles. The van der Waals surface area contributed by atoms with Crippen molar-refractivity contribution < 1.29 is 4.79 Å². The molecule has 3 N–H and O–H groups in total. The van der Waals surface area contributed by atoms with Gasteiger partial charge in [0.05, 0.1) is 0 Å². The second-order valence-electron chi connectivity index (χ2n) is 5.69. The number of guanidine groups is 1. The standard InChI is InChI=1S/C16H23N5O.HI/c22-16(21-9-1-2-10-21)20-14-6-3-5-13(11-14)12-19-15-17-7-4-8-18-15;/h3,5-6,11H,1-2,4,7-10,12H2,(H,20,22)(H2,17,18,19);1H. The Labute approximate surface area is 154 Å². The molecule has 126 valence electrons. The van der Waals surface area contributed by atoms with Crippen LogP contribution in [0.2, 0.25) is 0 Å². The van der Waals surface area contributed by atoms with Crippen molar-refractivity contribution in [2.75, 3.05) is 31.5 Å². The second-order valence-corrected chi connectivity index (χ2v) is 5.69. The Balaban J connectivity index is 0.00000192. The molecule has 0 aromatic heterocycles. The van der Waals surface area contributed by atoms with Crippen LogP contribution in [0.1, 0.15) is 24.8 Å². The molecule has 0 saturated carbocycles. The number of hydrogen-bond acceptors (Lipinski definition) is 4. The molecule has 2 aliphatic rings. The summed E-state index contributed by atoms with van der Waals surface area (Å²) in [5.41, 5.74) is 1.96. The van der Waals surface area contributed by atoms with Gasteiger partial charge < -0.3 is 20.9 Å². The highest BCUT2D eigenvalue weighted by molar-refractivity contribution is 14.0.